The SMILES string of the molecule is CC/C=C\C/C=C\C/C=C\C/C=C\C/C=C\C/C=C\C/C=C\C/C=C\C/C=C\CCCCCCCCCC(=O)OC(COC(=O)CCCCCCC/C=C\C/C=C\C/C=C\C/C=C\C/C=C\C/C=C\C/C=C\C/C=C\C/C=C\CC)COC(OCC[N+](C)(C)C)C(=O)O. The number of allylic oxidation sites excluding steroid dienone is 36. The summed E-state index contributed by atoms with van der Waals surface area (Å²) in [5.41, 5.74) is 0. The van der Waals surface area contributed by atoms with Gasteiger partial charge in [0.1, 0.15) is 13.2 Å². The van der Waals surface area contributed by atoms with E-state index in [0.717, 1.165) is 173 Å². The van der Waals surface area contributed by atoms with Crippen molar-refractivity contribution in [2.45, 2.75) is 245 Å². The molecule has 2 atom stereocenters. The average molecular weight is 1280 g/mol. The minimum Gasteiger partial charge on any atom is -0.477 e. The maximum atomic E-state index is 13.0. The van der Waals surface area contributed by atoms with Crippen LogP contribution in [0.4, 0.5) is 0 Å². The molecule has 0 rings (SSSR count). The summed E-state index contributed by atoms with van der Waals surface area (Å²) in [6.07, 6.45) is 110. The number of unbranched alkanes of at least 4 members (excludes halogenated alkanes) is 12. The fraction of sp³-hybridized carbons (Fsp3) is 0.536. The van der Waals surface area contributed by atoms with Crippen LogP contribution in [-0.4, -0.2) is 87.4 Å². The second-order valence-corrected chi connectivity index (χ2v) is 24.1. The maximum absolute atomic E-state index is 13.0. The molecule has 0 aliphatic rings. The quantitative estimate of drug-likeness (QED) is 0.0211. The van der Waals surface area contributed by atoms with Gasteiger partial charge in [-0.15, -0.1) is 0 Å². The highest BCUT2D eigenvalue weighted by Crippen LogP contribution is 2.14. The van der Waals surface area contributed by atoms with Gasteiger partial charge in [-0.3, -0.25) is 9.59 Å². The molecule has 0 heterocycles. The Morgan fingerprint density at radius 2 is 0.581 bits per heavy atom. The first-order valence-corrected chi connectivity index (χ1v) is 35.9. The van der Waals surface area contributed by atoms with Crippen molar-refractivity contribution in [2.75, 3.05) is 47.5 Å². The van der Waals surface area contributed by atoms with Crippen LogP contribution in [-0.2, 0) is 33.3 Å². The van der Waals surface area contributed by atoms with E-state index in [1.54, 1.807) is 0 Å². The summed E-state index contributed by atoms with van der Waals surface area (Å²) in [7, 11) is 5.95. The van der Waals surface area contributed by atoms with Crippen molar-refractivity contribution in [2.24, 2.45) is 0 Å². The van der Waals surface area contributed by atoms with Crippen molar-refractivity contribution in [3.8, 4) is 0 Å². The minimum atomic E-state index is -1.54. The number of carboxylic acids is 1. The molecule has 0 fully saturated rings. The van der Waals surface area contributed by atoms with Crippen LogP contribution in [0.1, 0.15) is 232 Å². The number of esters is 2. The minimum absolute atomic E-state index is 0.169. The zero-order chi connectivity index (χ0) is 67.5. The highest BCUT2D eigenvalue weighted by atomic mass is 16.7. The van der Waals surface area contributed by atoms with Crippen LogP contribution < -0.4 is 0 Å². The summed E-state index contributed by atoms with van der Waals surface area (Å²) in [5.74, 6) is -2.07. The number of ether oxygens (including phenoxy) is 4. The van der Waals surface area contributed by atoms with E-state index in [0.29, 0.717) is 23.9 Å². The number of carboxylic acid groups (broad SMARTS) is 1. The van der Waals surface area contributed by atoms with Crippen molar-refractivity contribution in [3.05, 3.63) is 219 Å². The van der Waals surface area contributed by atoms with E-state index in [9.17, 15) is 19.5 Å². The lowest BCUT2D eigenvalue weighted by atomic mass is 10.1. The molecular formula is C84H130NO8+. The van der Waals surface area contributed by atoms with Gasteiger partial charge in [-0.05, 0) is 154 Å². The van der Waals surface area contributed by atoms with Gasteiger partial charge in [0, 0.05) is 12.8 Å². The number of quaternary nitrogens is 1. The summed E-state index contributed by atoms with van der Waals surface area (Å²) in [5, 5.41) is 9.75. The van der Waals surface area contributed by atoms with Gasteiger partial charge in [0.2, 0.25) is 0 Å². The molecule has 9 nitrogen and oxygen atoms in total. The third-order valence-electron chi connectivity index (χ3n) is 14.2. The predicted molar refractivity (Wildman–Crippen MR) is 400 cm³/mol. The Hall–Kier alpha value is -6.39. The smallest absolute Gasteiger partial charge is 0.361 e. The molecule has 518 valence electrons. The Morgan fingerprint density at radius 3 is 0.860 bits per heavy atom. The molecule has 0 aromatic heterocycles. The van der Waals surface area contributed by atoms with Gasteiger partial charge >= 0.3 is 17.9 Å². The van der Waals surface area contributed by atoms with Crippen LogP contribution >= 0.6 is 0 Å². The zero-order valence-corrected chi connectivity index (χ0v) is 59.1. The van der Waals surface area contributed by atoms with E-state index < -0.39 is 24.3 Å². The number of nitrogens with zero attached hydrogens (tertiary/aromatic N) is 1. The summed E-state index contributed by atoms with van der Waals surface area (Å²) in [4.78, 5) is 37.7. The fourth-order valence-electron chi connectivity index (χ4n) is 8.82. The zero-order valence-electron chi connectivity index (χ0n) is 59.1. The van der Waals surface area contributed by atoms with Crippen molar-refractivity contribution < 1.29 is 42.9 Å². The predicted octanol–water partition coefficient (Wildman–Crippen LogP) is 22.9. The first kappa shape index (κ1) is 86.6. The lowest BCUT2D eigenvalue weighted by molar-refractivity contribution is -0.870. The molecule has 0 radical (unpaired) electrons. The molecular weight excluding hydrogens is 1150 g/mol. The molecule has 0 amide bonds. The van der Waals surface area contributed by atoms with E-state index in [1.807, 2.05) is 21.1 Å². The molecule has 0 saturated carbocycles. The lowest BCUT2D eigenvalue weighted by Crippen LogP contribution is -2.40. The standard InChI is InChI=1S/C84H129NO8/c1-6-8-10-12-14-16-18-20-22-24-26-28-30-32-34-36-38-40-41-43-45-47-49-51-53-55-57-59-61-63-65-67-69-71-73-75-82(87)93-80(79-92-84(83(88)89)90-77-76-85(3,4)5)78-91-81(86)74-72-70-68-66-64-62-60-58-56-54-52-50-48-46-44-42-39-37-35-33-31-29-27-25-23-21-19-17-15-13-11-9-7-2/h8-11,14-17,20-23,26-29,32-35,38-40,42-43,45-46,48-49,51-52,54-55,57-58,60,80,84H,6-7,12-13,18-19,24-25,30-31,36-37,41,44,47,50,53,56,59,61-79H2,1-5H3/p+1/b10-8-,11-9-,16-14-,17-15-,22-20-,23-21-,28-26-,29-27-,34-32-,35-33-,40-38-,42-39-,45-43-,48-46-,51-49-,54-52-,57-55-,60-58-. The number of carbonyl (C=O) groups is 3. The number of hydrogen-bond donors (Lipinski definition) is 1. The molecule has 0 saturated heterocycles. The first-order valence-electron chi connectivity index (χ1n) is 35.9. The van der Waals surface area contributed by atoms with Crippen LogP contribution in [0.15, 0.2) is 219 Å². The summed E-state index contributed by atoms with van der Waals surface area (Å²) < 4.78 is 22.9. The third-order valence-corrected chi connectivity index (χ3v) is 14.2. The molecule has 0 aliphatic heterocycles. The first-order chi connectivity index (χ1) is 45.6. The number of likely N-dealkylation sites (N-methyl/N-ethyl adjacent to an activating group) is 1. The average Bonchev–Trinajstić information content (AvgIpc) is 3.74. The van der Waals surface area contributed by atoms with Gasteiger partial charge in [0.15, 0.2) is 6.10 Å². The van der Waals surface area contributed by atoms with Crippen LogP contribution in [0.25, 0.3) is 0 Å². The topological polar surface area (TPSA) is 108 Å². The molecule has 0 spiro atoms. The van der Waals surface area contributed by atoms with E-state index in [-0.39, 0.29) is 38.6 Å². The largest absolute Gasteiger partial charge is 0.477 e. The molecule has 9 heteroatoms. The maximum Gasteiger partial charge on any atom is 0.361 e. The van der Waals surface area contributed by atoms with Crippen LogP contribution in [0.2, 0.25) is 0 Å². The second kappa shape index (κ2) is 71.5. The number of rotatable bonds is 63. The van der Waals surface area contributed by atoms with Gasteiger partial charge in [-0.2, -0.15) is 0 Å². The highest BCUT2D eigenvalue weighted by Gasteiger charge is 2.25. The molecule has 0 aromatic rings. The Labute approximate surface area is 568 Å². The number of aliphatic carboxylic acids is 1. The lowest BCUT2D eigenvalue weighted by Gasteiger charge is -2.25. The van der Waals surface area contributed by atoms with Crippen molar-refractivity contribution >= 4 is 17.9 Å². The van der Waals surface area contributed by atoms with Gasteiger partial charge in [0.05, 0.1) is 34.4 Å². The van der Waals surface area contributed by atoms with E-state index in [4.69, 9.17) is 18.9 Å². The van der Waals surface area contributed by atoms with Crippen LogP contribution in [0.3, 0.4) is 0 Å². The Balaban J connectivity index is 4.29. The molecule has 2 unspecified atom stereocenters. The highest BCUT2D eigenvalue weighted by molar-refractivity contribution is 5.71. The molecule has 0 bridgehead atoms. The van der Waals surface area contributed by atoms with Crippen molar-refractivity contribution in [1.82, 2.24) is 0 Å². The molecule has 1 N–H and O–H groups in total. The Bertz CT molecular complexity index is 2330. The van der Waals surface area contributed by atoms with Crippen LogP contribution in [0, 0.1) is 0 Å². The summed E-state index contributed by atoms with van der Waals surface area (Å²) >= 11 is 0. The Morgan fingerprint density at radius 1 is 0.323 bits per heavy atom. The van der Waals surface area contributed by atoms with E-state index in [1.165, 1.54) is 19.3 Å². The normalized spacial score (nSPS) is 14.0. The third kappa shape index (κ3) is 72.9. The fourth-order valence-corrected chi connectivity index (χ4v) is 8.82. The van der Waals surface area contributed by atoms with Gasteiger partial charge < -0.3 is 28.5 Å². The molecule has 0 aliphatic carbocycles. The van der Waals surface area contributed by atoms with E-state index >= 15 is 0 Å². The second-order valence-electron chi connectivity index (χ2n) is 24.1. The van der Waals surface area contributed by atoms with Crippen LogP contribution in [0.5, 0.6) is 0 Å². The van der Waals surface area contributed by atoms with Crippen molar-refractivity contribution in [3.63, 3.8) is 0 Å². The monoisotopic (exact) mass is 1280 g/mol. The summed E-state index contributed by atoms with van der Waals surface area (Å²) in [6, 6.07) is 0. The van der Waals surface area contributed by atoms with Crippen molar-refractivity contribution in [1.29, 1.82) is 0 Å². The van der Waals surface area contributed by atoms with E-state index in [2.05, 4.69) is 233 Å². The summed E-state index contributed by atoms with van der Waals surface area (Å²) in [6.45, 7) is 4.58. The Kier molecular flexibility index (Phi) is 66.5. The number of carbonyl (C=O) groups excluding carboxylic acids is 2. The number of hydrogen-bond acceptors (Lipinski definition) is 7. The molecule has 93 heavy (non-hydrogen) atoms. The molecule has 0 aromatic carbocycles. The van der Waals surface area contributed by atoms with Gasteiger partial charge in [0.25, 0.3) is 6.29 Å². The van der Waals surface area contributed by atoms with Gasteiger partial charge in [-0.1, -0.05) is 284 Å². The van der Waals surface area contributed by atoms with Gasteiger partial charge in [-0.25, -0.2) is 4.79 Å².